The number of benzene rings is 1. The van der Waals surface area contributed by atoms with E-state index < -0.39 is 0 Å². The van der Waals surface area contributed by atoms with Crippen LogP contribution < -0.4 is 15.8 Å². The van der Waals surface area contributed by atoms with E-state index in [4.69, 9.17) is 22.1 Å². The van der Waals surface area contributed by atoms with Crippen molar-refractivity contribution in [1.29, 1.82) is 0 Å². The number of halogens is 1. The van der Waals surface area contributed by atoms with Gasteiger partial charge in [0.25, 0.3) is 0 Å². The van der Waals surface area contributed by atoms with E-state index in [2.05, 4.69) is 5.32 Å². The van der Waals surface area contributed by atoms with Gasteiger partial charge in [0.2, 0.25) is 5.91 Å². The van der Waals surface area contributed by atoms with Gasteiger partial charge in [-0.15, -0.1) is 0 Å². The molecule has 0 bridgehead atoms. The van der Waals surface area contributed by atoms with Crippen molar-refractivity contribution in [3.8, 4) is 5.75 Å². The van der Waals surface area contributed by atoms with E-state index in [-0.39, 0.29) is 11.9 Å². The zero-order chi connectivity index (χ0) is 14.3. The van der Waals surface area contributed by atoms with Crippen molar-refractivity contribution in [1.82, 2.24) is 5.32 Å². The number of nitrogens with one attached hydrogen (secondary N) is 1. The second-order valence-corrected chi connectivity index (χ2v) is 4.83. The monoisotopic (exact) mass is 284 g/mol. The van der Waals surface area contributed by atoms with Crippen molar-refractivity contribution in [2.24, 2.45) is 5.73 Å². The summed E-state index contributed by atoms with van der Waals surface area (Å²) in [6.07, 6.45) is 1.94. The summed E-state index contributed by atoms with van der Waals surface area (Å²) in [7, 11) is 1.61. The predicted molar refractivity (Wildman–Crippen MR) is 77.6 cm³/mol. The number of carbonyl (C=O) groups excluding carboxylic acids is 1. The molecule has 5 heteroatoms. The lowest BCUT2D eigenvalue weighted by atomic mass is 10.0. The Balaban J connectivity index is 2.67. The van der Waals surface area contributed by atoms with Gasteiger partial charge in [-0.3, -0.25) is 4.79 Å². The Morgan fingerprint density at radius 3 is 2.89 bits per heavy atom. The molecule has 0 heterocycles. The molecular formula is C14H21ClN2O2. The van der Waals surface area contributed by atoms with Crippen LogP contribution in [0.2, 0.25) is 5.02 Å². The summed E-state index contributed by atoms with van der Waals surface area (Å²) in [4.78, 5) is 11.1. The fraction of sp³-hybridized carbons (Fsp3) is 0.500. The Bertz CT molecular complexity index is 424. The molecule has 0 aliphatic heterocycles. The second kappa shape index (κ2) is 8.02. The Labute approximate surface area is 119 Å². The highest BCUT2D eigenvalue weighted by atomic mass is 35.5. The molecule has 19 heavy (non-hydrogen) atoms. The van der Waals surface area contributed by atoms with E-state index >= 15 is 0 Å². The fourth-order valence-electron chi connectivity index (χ4n) is 1.65. The average Bonchev–Trinajstić information content (AvgIpc) is 2.40. The third kappa shape index (κ3) is 5.49. The van der Waals surface area contributed by atoms with Crippen LogP contribution in [-0.2, 0) is 11.2 Å². The summed E-state index contributed by atoms with van der Waals surface area (Å²) >= 11 is 5.99. The summed E-state index contributed by atoms with van der Waals surface area (Å²) in [5.41, 5.74) is 6.94. The Hall–Kier alpha value is -1.26. The molecule has 1 aromatic carbocycles. The zero-order valence-electron chi connectivity index (χ0n) is 11.4. The molecule has 3 N–H and O–H groups in total. The Morgan fingerprint density at radius 2 is 2.26 bits per heavy atom. The first-order valence-corrected chi connectivity index (χ1v) is 6.82. The maximum atomic E-state index is 11.1. The van der Waals surface area contributed by atoms with Crippen LogP contribution >= 0.6 is 11.6 Å². The maximum absolute atomic E-state index is 11.1. The molecule has 0 saturated heterocycles. The fourth-order valence-corrected chi connectivity index (χ4v) is 1.85. The van der Waals surface area contributed by atoms with Crippen LogP contribution in [0.1, 0.15) is 25.3 Å². The molecule has 0 aliphatic rings. The lowest BCUT2D eigenvalue weighted by molar-refractivity contribution is -0.121. The largest absolute Gasteiger partial charge is 0.493 e. The highest BCUT2D eigenvalue weighted by molar-refractivity contribution is 6.30. The van der Waals surface area contributed by atoms with Crippen molar-refractivity contribution >= 4 is 17.5 Å². The number of amides is 1. The van der Waals surface area contributed by atoms with Gasteiger partial charge < -0.3 is 15.8 Å². The number of carbonyl (C=O) groups is 1. The Morgan fingerprint density at radius 1 is 1.53 bits per heavy atom. The van der Waals surface area contributed by atoms with Crippen molar-refractivity contribution < 1.29 is 9.53 Å². The second-order valence-electron chi connectivity index (χ2n) is 4.40. The summed E-state index contributed by atoms with van der Waals surface area (Å²) in [5, 5.41) is 3.22. The summed E-state index contributed by atoms with van der Waals surface area (Å²) in [6.45, 7) is 2.39. The van der Waals surface area contributed by atoms with E-state index in [0.29, 0.717) is 24.5 Å². The van der Waals surface area contributed by atoms with Crippen molar-refractivity contribution in [3.63, 3.8) is 0 Å². The molecule has 0 radical (unpaired) electrons. The van der Waals surface area contributed by atoms with Gasteiger partial charge >= 0.3 is 0 Å². The van der Waals surface area contributed by atoms with Gasteiger partial charge in [0.05, 0.1) is 13.0 Å². The highest BCUT2D eigenvalue weighted by Crippen LogP contribution is 2.24. The standard InChI is InChI=1S/C14H21ClN2O2/c1-3-12(16)9-10-8-11(15)4-5-13(10)19-7-6-14(18)17-2/h4-5,8,12H,3,6-7,9,16H2,1-2H3,(H,17,18). The molecule has 1 aromatic rings. The van der Waals surface area contributed by atoms with Gasteiger partial charge in [-0.1, -0.05) is 18.5 Å². The topological polar surface area (TPSA) is 64.3 Å². The first-order chi connectivity index (χ1) is 9.06. The number of hydrogen-bond acceptors (Lipinski definition) is 3. The molecule has 0 spiro atoms. The third-order valence-corrected chi connectivity index (χ3v) is 3.13. The number of ether oxygens (including phenoxy) is 1. The summed E-state index contributed by atoms with van der Waals surface area (Å²) in [5.74, 6) is 0.706. The van der Waals surface area contributed by atoms with E-state index in [1.54, 1.807) is 13.1 Å². The molecule has 0 aliphatic carbocycles. The van der Waals surface area contributed by atoms with E-state index in [1.807, 2.05) is 19.1 Å². The first-order valence-electron chi connectivity index (χ1n) is 6.44. The van der Waals surface area contributed by atoms with Crippen LogP contribution in [0.3, 0.4) is 0 Å². The molecule has 1 atom stereocenters. The quantitative estimate of drug-likeness (QED) is 0.806. The van der Waals surface area contributed by atoms with E-state index in [1.165, 1.54) is 0 Å². The van der Waals surface area contributed by atoms with Crippen LogP contribution in [0.4, 0.5) is 0 Å². The summed E-state index contributed by atoms with van der Waals surface area (Å²) < 4.78 is 5.63. The zero-order valence-corrected chi connectivity index (χ0v) is 12.2. The van der Waals surface area contributed by atoms with Gasteiger partial charge in [0.1, 0.15) is 5.75 Å². The molecule has 0 aromatic heterocycles. The van der Waals surface area contributed by atoms with Crippen LogP contribution in [0.25, 0.3) is 0 Å². The van der Waals surface area contributed by atoms with Crippen molar-refractivity contribution in [2.45, 2.75) is 32.2 Å². The molecule has 0 saturated carbocycles. The molecule has 1 rings (SSSR count). The van der Waals surface area contributed by atoms with Gasteiger partial charge in [-0.25, -0.2) is 0 Å². The first kappa shape index (κ1) is 15.8. The normalized spacial score (nSPS) is 12.0. The maximum Gasteiger partial charge on any atom is 0.223 e. The molecule has 4 nitrogen and oxygen atoms in total. The predicted octanol–water partition coefficient (Wildman–Crippen LogP) is 2.13. The van der Waals surface area contributed by atoms with Crippen LogP contribution in [0, 0.1) is 0 Å². The minimum absolute atomic E-state index is 0.0410. The molecule has 0 fully saturated rings. The SMILES string of the molecule is CCC(N)Cc1cc(Cl)ccc1OCCC(=O)NC. The minimum atomic E-state index is -0.0410. The van der Waals surface area contributed by atoms with Gasteiger partial charge in [0.15, 0.2) is 0 Å². The van der Waals surface area contributed by atoms with Crippen LogP contribution in [-0.4, -0.2) is 25.6 Å². The lowest BCUT2D eigenvalue weighted by Crippen LogP contribution is -2.22. The molecule has 1 amide bonds. The molecule has 106 valence electrons. The van der Waals surface area contributed by atoms with Gasteiger partial charge in [0, 0.05) is 18.1 Å². The minimum Gasteiger partial charge on any atom is -0.493 e. The average molecular weight is 285 g/mol. The smallest absolute Gasteiger partial charge is 0.223 e. The number of rotatable bonds is 7. The van der Waals surface area contributed by atoms with E-state index in [0.717, 1.165) is 17.7 Å². The van der Waals surface area contributed by atoms with E-state index in [9.17, 15) is 4.79 Å². The van der Waals surface area contributed by atoms with Gasteiger partial charge in [-0.05, 0) is 36.6 Å². The molecular weight excluding hydrogens is 264 g/mol. The summed E-state index contributed by atoms with van der Waals surface area (Å²) in [6, 6.07) is 5.55. The lowest BCUT2D eigenvalue weighted by Gasteiger charge is -2.14. The number of nitrogens with two attached hydrogens (primary N) is 1. The molecule has 1 unspecified atom stereocenters. The number of hydrogen-bond donors (Lipinski definition) is 2. The van der Waals surface area contributed by atoms with Crippen molar-refractivity contribution in [3.05, 3.63) is 28.8 Å². The Kier molecular flexibility index (Phi) is 6.67. The van der Waals surface area contributed by atoms with Crippen LogP contribution in [0.5, 0.6) is 5.75 Å². The third-order valence-electron chi connectivity index (χ3n) is 2.89. The highest BCUT2D eigenvalue weighted by Gasteiger charge is 2.09. The van der Waals surface area contributed by atoms with Crippen molar-refractivity contribution in [2.75, 3.05) is 13.7 Å². The van der Waals surface area contributed by atoms with Crippen LogP contribution in [0.15, 0.2) is 18.2 Å². The van der Waals surface area contributed by atoms with Gasteiger partial charge in [-0.2, -0.15) is 0 Å².